The summed E-state index contributed by atoms with van der Waals surface area (Å²) >= 11 is 0. The lowest BCUT2D eigenvalue weighted by atomic mass is 10.1. The number of benzene rings is 2. The third-order valence-corrected chi connectivity index (χ3v) is 5.79. The molecule has 6 heteroatoms. The molecule has 6 nitrogen and oxygen atoms in total. The molecule has 0 radical (unpaired) electrons. The van der Waals surface area contributed by atoms with Crippen LogP contribution >= 0.6 is 0 Å². The van der Waals surface area contributed by atoms with Gasteiger partial charge in [-0.25, -0.2) is 0 Å². The van der Waals surface area contributed by atoms with Crippen molar-refractivity contribution in [3.05, 3.63) is 71.5 Å². The lowest BCUT2D eigenvalue weighted by Gasteiger charge is -2.23. The van der Waals surface area contributed by atoms with E-state index in [1.807, 2.05) is 55.6 Å². The number of para-hydroxylation sites is 1. The molecule has 0 aliphatic carbocycles. The van der Waals surface area contributed by atoms with Crippen molar-refractivity contribution in [2.75, 3.05) is 33.3 Å². The Hall–Kier alpha value is -2.67. The second kappa shape index (κ2) is 12.4. The van der Waals surface area contributed by atoms with Crippen molar-refractivity contribution in [3.8, 4) is 0 Å². The van der Waals surface area contributed by atoms with Crippen LogP contribution in [0.4, 0.5) is 0 Å². The molecule has 0 aliphatic rings. The maximum Gasteiger partial charge on any atom is 0.237 e. The zero-order valence-corrected chi connectivity index (χ0v) is 19.1. The summed E-state index contributed by atoms with van der Waals surface area (Å²) in [6, 6.07) is 17.9. The highest BCUT2D eigenvalue weighted by Crippen LogP contribution is 2.27. The van der Waals surface area contributed by atoms with Gasteiger partial charge < -0.3 is 20.2 Å². The number of aliphatic hydroxyl groups is 1. The molecule has 2 aromatic carbocycles. The molecule has 0 saturated heterocycles. The van der Waals surface area contributed by atoms with Crippen molar-refractivity contribution in [1.29, 1.82) is 0 Å². The first kappa shape index (κ1) is 24.0. The number of amides is 1. The van der Waals surface area contributed by atoms with Crippen LogP contribution in [0.25, 0.3) is 11.0 Å². The maximum atomic E-state index is 12.7. The molecular weight excluding hydrogens is 402 g/mol. The summed E-state index contributed by atoms with van der Waals surface area (Å²) in [5.41, 5.74) is 3.24. The van der Waals surface area contributed by atoms with Crippen molar-refractivity contribution in [2.45, 2.75) is 38.8 Å². The second-order valence-corrected chi connectivity index (χ2v) is 8.03. The maximum absolute atomic E-state index is 12.7. The first-order valence-corrected chi connectivity index (χ1v) is 11.5. The van der Waals surface area contributed by atoms with Crippen LogP contribution in [0, 0.1) is 0 Å². The minimum absolute atomic E-state index is 0.00136. The van der Waals surface area contributed by atoms with Gasteiger partial charge in [0, 0.05) is 50.2 Å². The Kier molecular flexibility index (Phi) is 9.28. The quantitative estimate of drug-likeness (QED) is 0.383. The Morgan fingerprint density at radius 3 is 2.56 bits per heavy atom. The molecule has 1 amide bonds. The van der Waals surface area contributed by atoms with Gasteiger partial charge in [0.15, 0.2) is 0 Å². The fourth-order valence-corrected chi connectivity index (χ4v) is 4.03. The minimum Gasteiger partial charge on any atom is -0.461 e. The zero-order valence-electron chi connectivity index (χ0n) is 19.1. The van der Waals surface area contributed by atoms with Crippen LogP contribution in [0.1, 0.15) is 30.2 Å². The molecule has 0 bridgehead atoms. The van der Waals surface area contributed by atoms with E-state index in [1.54, 1.807) is 0 Å². The van der Waals surface area contributed by atoms with Crippen LogP contribution < -0.4 is 10.6 Å². The largest absolute Gasteiger partial charge is 0.461 e. The van der Waals surface area contributed by atoms with Crippen LogP contribution in [0.2, 0.25) is 0 Å². The predicted molar refractivity (Wildman–Crippen MR) is 129 cm³/mol. The van der Waals surface area contributed by atoms with E-state index in [0.29, 0.717) is 25.9 Å². The van der Waals surface area contributed by atoms with Gasteiger partial charge in [-0.05, 0) is 31.5 Å². The Morgan fingerprint density at radius 2 is 1.84 bits per heavy atom. The molecule has 1 atom stereocenters. The van der Waals surface area contributed by atoms with E-state index in [-0.39, 0.29) is 18.6 Å². The van der Waals surface area contributed by atoms with E-state index in [4.69, 9.17) is 4.42 Å². The van der Waals surface area contributed by atoms with Crippen molar-refractivity contribution < 1.29 is 14.3 Å². The number of hydrogen-bond donors (Lipinski definition) is 3. The average Bonchev–Trinajstić information content (AvgIpc) is 3.18. The molecule has 0 aliphatic heterocycles. The van der Waals surface area contributed by atoms with E-state index in [9.17, 15) is 9.90 Å². The number of nitrogens with one attached hydrogen (secondary N) is 2. The van der Waals surface area contributed by atoms with Crippen LogP contribution in [-0.2, 0) is 24.2 Å². The summed E-state index contributed by atoms with van der Waals surface area (Å²) < 4.78 is 6.04. The summed E-state index contributed by atoms with van der Waals surface area (Å²) in [5, 5.41) is 16.7. The van der Waals surface area contributed by atoms with Gasteiger partial charge in [0.1, 0.15) is 11.3 Å². The number of carbonyl (C=O) groups is 1. The molecule has 3 rings (SSSR count). The highest BCUT2D eigenvalue weighted by atomic mass is 16.3. The van der Waals surface area contributed by atoms with Gasteiger partial charge in [-0.1, -0.05) is 55.5 Å². The number of likely N-dealkylation sites (N-methyl/N-ethyl adjacent to an activating group) is 1. The molecule has 172 valence electrons. The molecule has 3 aromatic rings. The van der Waals surface area contributed by atoms with Gasteiger partial charge >= 0.3 is 0 Å². The Bertz CT molecular complexity index is 971. The number of hydrogen-bond acceptors (Lipinski definition) is 5. The molecule has 3 N–H and O–H groups in total. The molecular formula is C26H35N3O3. The number of fused-ring (bicyclic) bond motifs is 1. The summed E-state index contributed by atoms with van der Waals surface area (Å²) in [6.45, 7) is 4.99. The van der Waals surface area contributed by atoms with Crippen molar-refractivity contribution in [1.82, 2.24) is 15.5 Å². The van der Waals surface area contributed by atoms with Gasteiger partial charge in [-0.3, -0.25) is 9.69 Å². The first-order valence-electron chi connectivity index (χ1n) is 11.5. The number of furan rings is 1. The molecule has 32 heavy (non-hydrogen) atoms. The highest BCUT2D eigenvalue weighted by Gasteiger charge is 2.18. The number of nitrogens with zero attached hydrogens (tertiary/aromatic N) is 1. The summed E-state index contributed by atoms with van der Waals surface area (Å²) in [4.78, 5) is 15.0. The Balaban J connectivity index is 1.60. The molecule has 1 unspecified atom stereocenters. The second-order valence-electron chi connectivity index (χ2n) is 8.03. The van der Waals surface area contributed by atoms with Crippen LogP contribution in [0.15, 0.2) is 59.0 Å². The number of aliphatic hydroxyl groups excluding tert-OH is 1. The SMILES string of the molecule is CCc1oc2ccccc2c1CN(CCCO)CCNC(=O)C(Cc1ccccc1)NC. The number of carbonyl (C=O) groups excluding carboxylic acids is 1. The van der Waals surface area contributed by atoms with Crippen molar-refractivity contribution in [2.24, 2.45) is 0 Å². The van der Waals surface area contributed by atoms with Crippen molar-refractivity contribution in [3.63, 3.8) is 0 Å². The zero-order chi connectivity index (χ0) is 22.8. The predicted octanol–water partition coefficient (Wildman–Crippen LogP) is 3.13. The van der Waals surface area contributed by atoms with Gasteiger partial charge in [-0.15, -0.1) is 0 Å². The smallest absolute Gasteiger partial charge is 0.237 e. The van der Waals surface area contributed by atoms with E-state index in [0.717, 1.165) is 41.8 Å². The van der Waals surface area contributed by atoms with E-state index in [2.05, 4.69) is 28.5 Å². The lowest BCUT2D eigenvalue weighted by Crippen LogP contribution is -2.46. The average molecular weight is 438 g/mol. The van der Waals surface area contributed by atoms with Crippen LogP contribution in [-0.4, -0.2) is 55.2 Å². The summed E-state index contributed by atoms with van der Waals surface area (Å²) in [5.74, 6) is 1.00. The fraction of sp³-hybridized carbons (Fsp3) is 0.423. The standard InChI is InChI=1S/C26H35N3O3/c1-3-24-22(21-12-7-8-13-25(21)32-24)19-29(15-9-17-30)16-14-28-26(31)23(27-2)18-20-10-5-4-6-11-20/h4-8,10-13,23,27,30H,3,9,14-19H2,1-2H3,(H,28,31). The lowest BCUT2D eigenvalue weighted by molar-refractivity contribution is -0.123. The highest BCUT2D eigenvalue weighted by molar-refractivity contribution is 5.82. The molecule has 0 fully saturated rings. The monoisotopic (exact) mass is 437 g/mol. The summed E-state index contributed by atoms with van der Waals surface area (Å²) in [6.07, 6.45) is 2.18. The first-order chi connectivity index (χ1) is 15.7. The van der Waals surface area contributed by atoms with E-state index >= 15 is 0 Å². The van der Waals surface area contributed by atoms with E-state index < -0.39 is 0 Å². The fourth-order valence-electron chi connectivity index (χ4n) is 4.03. The third kappa shape index (κ3) is 6.42. The molecule has 1 aromatic heterocycles. The van der Waals surface area contributed by atoms with Gasteiger partial charge in [0.2, 0.25) is 5.91 Å². The van der Waals surface area contributed by atoms with Crippen molar-refractivity contribution >= 4 is 16.9 Å². The van der Waals surface area contributed by atoms with Gasteiger partial charge in [0.05, 0.1) is 6.04 Å². The third-order valence-electron chi connectivity index (χ3n) is 5.79. The van der Waals surface area contributed by atoms with Crippen LogP contribution in [0.3, 0.4) is 0 Å². The topological polar surface area (TPSA) is 77.7 Å². The number of rotatable bonds is 13. The molecule has 0 spiro atoms. The minimum atomic E-state index is -0.271. The molecule has 0 saturated carbocycles. The normalized spacial score (nSPS) is 12.4. The molecule has 1 heterocycles. The van der Waals surface area contributed by atoms with Crippen LogP contribution in [0.5, 0.6) is 0 Å². The Morgan fingerprint density at radius 1 is 1.09 bits per heavy atom. The van der Waals surface area contributed by atoms with E-state index in [1.165, 1.54) is 5.56 Å². The number of aryl methyl sites for hydroxylation is 1. The summed E-state index contributed by atoms with van der Waals surface area (Å²) in [7, 11) is 1.82. The Labute approximate surface area is 190 Å². The van der Waals surface area contributed by atoms with Gasteiger partial charge in [-0.2, -0.15) is 0 Å². The van der Waals surface area contributed by atoms with Gasteiger partial charge in [0.25, 0.3) is 0 Å².